The average molecular weight is 358 g/mol. The van der Waals surface area contributed by atoms with Gasteiger partial charge in [-0.2, -0.15) is 0 Å². The molecule has 0 aliphatic heterocycles. The van der Waals surface area contributed by atoms with E-state index < -0.39 is 0 Å². The molecule has 2 N–H and O–H groups in total. The zero-order chi connectivity index (χ0) is 14.5. The van der Waals surface area contributed by atoms with Gasteiger partial charge in [-0.05, 0) is 40.2 Å². The lowest BCUT2D eigenvalue weighted by molar-refractivity contribution is 0.180. The fraction of sp³-hybridized carbons (Fsp3) is 0.231. The maximum Gasteiger partial charge on any atom is 0.141 e. The Kier molecular flexibility index (Phi) is 5.33. The third-order valence-corrected chi connectivity index (χ3v) is 4.33. The lowest BCUT2D eigenvalue weighted by atomic mass is 10.4. The van der Waals surface area contributed by atoms with Crippen LogP contribution < -0.4 is 5.73 Å². The maximum atomic E-state index is 12.8. The van der Waals surface area contributed by atoms with Crippen LogP contribution in [0.25, 0.3) is 0 Å². The number of methoxy groups -OCH3 is 1. The molecular formula is C13H13BrFN3OS. The SMILES string of the molecule is COCc1nc(CSc2ccc(F)cc2)nc(N)c1Br. The van der Waals surface area contributed by atoms with E-state index in [9.17, 15) is 4.39 Å². The summed E-state index contributed by atoms with van der Waals surface area (Å²) in [5, 5.41) is 0. The minimum Gasteiger partial charge on any atom is -0.383 e. The van der Waals surface area contributed by atoms with Crippen molar-refractivity contribution in [3.63, 3.8) is 0 Å². The summed E-state index contributed by atoms with van der Waals surface area (Å²) in [5.41, 5.74) is 6.55. The van der Waals surface area contributed by atoms with Crippen molar-refractivity contribution in [1.29, 1.82) is 0 Å². The highest BCUT2D eigenvalue weighted by Crippen LogP contribution is 2.25. The second-order valence-corrected chi connectivity index (χ2v) is 5.80. The standard InChI is InChI=1S/C13H13BrFN3OS/c1-19-6-10-12(14)13(16)18-11(17-10)7-20-9-4-2-8(15)3-5-9/h2-5H,6-7H2,1H3,(H2,16,17,18). The number of benzene rings is 1. The van der Waals surface area contributed by atoms with E-state index in [1.54, 1.807) is 19.2 Å². The molecule has 0 amide bonds. The molecule has 2 aromatic rings. The summed E-state index contributed by atoms with van der Waals surface area (Å²) < 4.78 is 18.5. The molecule has 0 spiro atoms. The van der Waals surface area contributed by atoms with Crippen LogP contribution in [0.2, 0.25) is 0 Å². The predicted octanol–water partition coefficient (Wildman–Crippen LogP) is 3.40. The lowest BCUT2D eigenvalue weighted by Crippen LogP contribution is -2.05. The molecule has 2 rings (SSSR count). The first-order chi connectivity index (χ1) is 9.60. The van der Waals surface area contributed by atoms with Crippen LogP contribution >= 0.6 is 27.7 Å². The first-order valence-corrected chi connectivity index (χ1v) is 7.56. The van der Waals surface area contributed by atoms with Crippen LogP contribution in [0.3, 0.4) is 0 Å². The van der Waals surface area contributed by atoms with Gasteiger partial charge in [0.2, 0.25) is 0 Å². The summed E-state index contributed by atoms with van der Waals surface area (Å²) >= 11 is 4.86. The number of hydrogen-bond donors (Lipinski definition) is 1. The van der Waals surface area contributed by atoms with Gasteiger partial charge in [0.1, 0.15) is 17.5 Å². The molecule has 1 aromatic heterocycles. The van der Waals surface area contributed by atoms with Crippen LogP contribution in [-0.4, -0.2) is 17.1 Å². The summed E-state index contributed by atoms with van der Waals surface area (Å²) in [7, 11) is 1.59. The van der Waals surface area contributed by atoms with Gasteiger partial charge in [-0.25, -0.2) is 14.4 Å². The van der Waals surface area contributed by atoms with Crippen molar-refractivity contribution in [3.05, 3.63) is 46.1 Å². The van der Waals surface area contributed by atoms with E-state index in [0.29, 0.717) is 28.5 Å². The molecule has 106 valence electrons. The van der Waals surface area contributed by atoms with Crippen LogP contribution in [0.15, 0.2) is 33.6 Å². The van der Waals surface area contributed by atoms with Crippen LogP contribution in [0.5, 0.6) is 0 Å². The quantitative estimate of drug-likeness (QED) is 0.831. The minimum atomic E-state index is -0.249. The topological polar surface area (TPSA) is 61.0 Å². The number of nitrogen functional groups attached to an aromatic ring is 1. The molecule has 1 aromatic carbocycles. The molecule has 4 nitrogen and oxygen atoms in total. The smallest absolute Gasteiger partial charge is 0.141 e. The van der Waals surface area contributed by atoms with Gasteiger partial charge in [0.25, 0.3) is 0 Å². The zero-order valence-corrected chi connectivity index (χ0v) is 13.2. The predicted molar refractivity (Wildman–Crippen MR) is 80.8 cm³/mol. The molecule has 20 heavy (non-hydrogen) atoms. The molecule has 1 heterocycles. The molecular weight excluding hydrogens is 345 g/mol. The van der Waals surface area contributed by atoms with E-state index in [-0.39, 0.29) is 5.82 Å². The number of anilines is 1. The highest BCUT2D eigenvalue weighted by atomic mass is 79.9. The number of hydrogen-bond acceptors (Lipinski definition) is 5. The molecule has 0 radical (unpaired) electrons. The van der Waals surface area contributed by atoms with Crippen molar-refractivity contribution < 1.29 is 9.13 Å². The third-order valence-electron chi connectivity index (χ3n) is 2.45. The van der Waals surface area contributed by atoms with Gasteiger partial charge in [-0.3, -0.25) is 0 Å². The first kappa shape index (κ1) is 15.2. The van der Waals surface area contributed by atoms with Crippen LogP contribution in [-0.2, 0) is 17.1 Å². The molecule has 0 bridgehead atoms. The molecule has 0 atom stereocenters. The Morgan fingerprint density at radius 3 is 2.65 bits per heavy atom. The van der Waals surface area contributed by atoms with E-state index in [1.165, 1.54) is 23.9 Å². The van der Waals surface area contributed by atoms with Crippen molar-refractivity contribution >= 4 is 33.5 Å². The van der Waals surface area contributed by atoms with Crippen molar-refractivity contribution in [3.8, 4) is 0 Å². The van der Waals surface area contributed by atoms with Crippen LogP contribution in [0.1, 0.15) is 11.5 Å². The van der Waals surface area contributed by atoms with Crippen LogP contribution in [0, 0.1) is 5.82 Å². The van der Waals surface area contributed by atoms with Gasteiger partial charge in [0, 0.05) is 12.0 Å². The van der Waals surface area contributed by atoms with Crippen molar-refractivity contribution in [1.82, 2.24) is 9.97 Å². The monoisotopic (exact) mass is 357 g/mol. The van der Waals surface area contributed by atoms with E-state index in [0.717, 1.165) is 10.6 Å². The van der Waals surface area contributed by atoms with Gasteiger partial charge in [0.15, 0.2) is 0 Å². The van der Waals surface area contributed by atoms with Gasteiger partial charge in [-0.1, -0.05) is 0 Å². The Morgan fingerprint density at radius 2 is 2.00 bits per heavy atom. The van der Waals surface area contributed by atoms with Gasteiger partial charge < -0.3 is 10.5 Å². The largest absolute Gasteiger partial charge is 0.383 e. The molecule has 0 fully saturated rings. The number of halogens is 2. The van der Waals surface area contributed by atoms with E-state index in [2.05, 4.69) is 25.9 Å². The third kappa shape index (κ3) is 3.91. The summed E-state index contributed by atoms with van der Waals surface area (Å²) in [6.45, 7) is 0.363. The summed E-state index contributed by atoms with van der Waals surface area (Å²) in [4.78, 5) is 9.56. The van der Waals surface area contributed by atoms with Crippen molar-refractivity contribution in [2.45, 2.75) is 17.3 Å². The molecule has 7 heteroatoms. The Bertz CT molecular complexity index is 595. The van der Waals surface area contributed by atoms with Gasteiger partial charge in [0.05, 0.1) is 22.5 Å². The summed E-state index contributed by atoms with van der Waals surface area (Å²) in [6, 6.07) is 6.29. The Morgan fingerprint density at radius 1 is 1.30 bits per heavy atom. The number of ether oxygens (including phenoxy) is 1. The fourth-order valence-corrected chi connectivity index (χ4v) is 2.59. The minimum absolute atomic E-state index is 0.249. The number of thioether (sulfide) groups is 1. The van der Waals surface area contributed by atoms with Gasteiger partial charge in [-0.15, -0.1) is 11.8 Å². The second-order valence-electron chi connectivity index (χ2n) is 3.96. The van der Waals surface area contributed by atoms with E-state index in [4.69, 9.17) is 10.5 Å². The van der Waals surface area contributed by atoms with Crippen LogP contribution in [0.4, 0.5) is 10.2 Å². The maximum absolute atomic E-state index is 12.8. The highest BCUT2D eigenvalue weighted by Gasteiger charge is 2.10. The number of rotatable bonds is 5. The molecule has 0 aliphatic rings. The first-order valence-electron chi connectivity index (χ1n) is 5.78. The second kappa shape index (κ2) is 7.01. The number of nitrogens with two attached hydrogens (primary N) is 1. The number of aromatic nitrogens is 2. The van der Waals surface area contributed by atoms with Gasteiger partial charge >= 0.3 is 0 Å². The van der Waals surface area contributed by atoms with Crippen molar-refractivity contribution in [2.24, 2.45) is 0 Å². The number of nitrogens with zero attached hydrogens (tertiary/aromatic N) is 2. The summed E-state index contributed by atoms with van der Waals surface area (Å²) in [6.07, 6.45) is 0. The lowest BCUT2D eigenvalue weighted by Gasteiger charge is -2.08. The Balaban J connectivity index is 2.11. The van der Waals surface area contributed by atoms with E-state index in [1.807, 2.05) is 0 Å². The molecule has 0 saturated carbocycles. The zero-order valence-electron chi connectivity index (χ0n) is 10.8. The molecule has 0 aliphatic carbocycles. The van der Waals surface area contributed by atoms with E-state index >= 15 is 0 Å². The fourth-order valence-electron chi connectivity index (χ4n) is 1.54. The van der Waals surface area contributed by atoms with Crippen molar-refractivity contribution in [2.75, 3.05) is 12.8 Å². The Hall–Kier alpha value is -1.18. The molecule has 0 saturated heterocycles. The molecule has 0 unspecified atom stereocenters. The highest BCUT2D eigenvalue weighted by molar-refractivity contribution is 9.10. The normalized spacial score (nSPS) is 10.8. The Labute approximate surface area is 129 Å². The average Bonchev–Trinajstić information content (AvgIpc) is 2.44. The summed E-state index contributed by atoms with van der Waals surface area (Å²) in [5.74, 6) is 1.31.